The van der Waals surface area contributed by atoms with Gasteiger partial charge in [0.25, 0.3) is 16.0 Å². The Balaban J connectivity index is 1.39. The Hall–Kier alpha value is -4.71. The minimum absolute atomic E-state index is 0.0301. The number of carbonyl (C=O) groups excluding carboxylic acids is 3. The first-order chi connectivity index (χ1) is 27.1. The Morgan fingerprint density at radius 2 is 1.34 bits per heavy atom. The fourth-order valence-electron chi connectivity index (χ4n) is 5.83. The molecular weight excluding hydrogens is 776 g/mol. The van der Waals surface area contributed by atoms with E-state index in [2.05, 4.69) is 64.3 Å². The summed E-state index contributed by atoms with van der Waals surface area (Å²) in [6.07, 6.45) is 2.64. The lowest BCUT2D eigenvalue weighted by atomic mass is 9.76. The van der Waals surface area contributed by atoms with Crippen LogP contribution >= 0.6 is 11.6 Å². The molecule has 312 valence electrons. The SMILES string of the molecule is CCC(C)(C)c1ccc(OCCCC(=O)Nc2cccc(NC(=O)C(Cl)(Oc3ccc(S(=O)(=O)OCc4ccccc4)cc3)C(=O)C(C)(C)C)c2)c(C(C)(C)CC)c1. The van der Waals surface area contributed by atoms with E-state index in [-0.39, 0.29) is 46.1 Å². The van der Waals surface area contributed by atoms with Gasteiger partial charge in [0.15, 0.2) is 0 Å². The number of Topliss-reactive ketones (excluding diaryl/α,β-unsaturated/α-hetero) is 1. The molecule has 2 amide bonds. The molecule has 1 atom stereocenters. The highest BCUT2D eigenvalue weighted by atomic mass is 35.5. The van der Waals surface area contributed by atoms with Crippen molar-refractivity contribution in [2.75, 3.05) is 17.2 Å². The normalized spacial score (nSPS) is 13.3. The van der Waals surface area contributed by atoms with Crippen LogP contribution in [0, 0.1) is 5.41 Å². The predicted octanol–water partition coefficient (Wildman–Crippen LogP) is 10.3. The number of benzene rings is 4. The van der Waals surface area contributed by atoms with E-state index in [4.69, 9.17) is 25.3 Å². The van der Waals surface area contributed by atoms with Crippen molar-refractivity contribution in [2.24, 2.45) is 5.41 Å². The Morgan fingerprint density at radius 1 is 0.724 bits per heavy atom. The molecule has 4 aromatic rings. The number of halogens is 1. The van der Waals surface area contributed by atoms with E-state index in [1.807, 2.05) is 12.1 Å². The summed E-state index contributed by atoms with van der Waals surface area (Å²) in [5.74, 6) is -1.16. The fourth-order valence-corrected chi connectivity index (χ4v) is 7.14. The average Bonchev–Trinajstić information content (AvgIpc) is 3.18. The molecule has 0 radical (unpaired) electrons. The van der Waals surface area contributed by atoms with Gasteiger partial charge in [-0.2, -0.15) is 8.42 Å². The summed E-state index contributed by atoms with van der Waals surface area (Å²) in [7, 11) is -4.13. The maximum atomic E-state index is 13.8. The zero-order valence-corrected chi connectivity index (χ0v) is 36.6. The molecule has 0 aliphatic rings. The number of alkyl halides is 1. The summed E-state index contributed by atoms with van der Waals surface area (Å²) in [6, 6.07) is 26.8. The Kier molecular flexibility index (Phi) is 15.0. The van der Waals surface area contributed by atoms with Gasteiger partial charge in [-0.05, 0) is 89.8 Å². The minimum Gasteiger partial charge on any atom is -0.493 e. The van der Waals surface area contributed by atoms with Gasteiger partial charge in [-0.25, -0.2) is 0 Å². The number of rotatable bonds is 19. The zero-order valence-electron chi connectivity index (χ0n) is 35.0. The van der Waals surface area contributed by atoms with Crippen LogP contribution in [0.25, 0.3) is 0 Å². The van der Waals surface area contributed by atoms with E-state index in [1.54, 1.807) is 69.3 Å². The van der Waals surface area contributed by atoms with Gasteiger partial charge in [-0.3, -0.25) is 18.6 Å². The summed E-state index contributed by atoms with van der Waals surface area (Å²) in [6.45, 7) is 18.3. The first-order valence-electron chi connectivity index (χ1n) is 19.6. The van der Waals surface area contributed by atoms with E-state index in [0.717, 1.165) is 24.2 Å². The van der Waals surface area contributed by atoms with Gasteiger partial charge < -0.3 is 20.1 Å². The molecule has 0 saturated heterocycles. The topological polar surface area (TPSA) is 137 Å². The van der Waals surface area contributed by atoms with Crippen molar-refractivity contribution in [2.45, 2.75) is 115 Å². The van der Waals surface area contributed by atoms with Crippen molar-refractivity contribution in [1.82, 2.24) is 0 Å². The van der Waals surface area contributed by atoms with Crippen molar-refractivity contribution in [3.63, 3.8) is 0 Å². The van der Waals surface area contributed by atoms with Crippen LogP contribution in [0.15, 0.2) is 102 Å². The summed E-state index contributed by atoms with van der Waals surface area (Å²) >= 11 is 6.76. The van der Waals surface area contributed by atoms with E-state index in [1.165, 1.54) is 29.8 Å². The Labute approximate surface area is 349 Å². The number of ketones is 1. The predicted molar refractivity (Wildman–Crippen MR) is 230 cm³/mol. The minimum atomic E-state index is -4.13. The Morgan fingerprint density at radius 3 is 1.95 bits per heavy atom. The monoisotopic (exact) mass is 832 g/mol. The van der Waals surface area contributed by atoms with Gasteiger partial charge in [0.2, 0.25) is 11.7 Å². The van der Waals surface area contributed by atoms with E-state index >= 15 is 0 Å². The van der Waals surface area contributed by atoms with Crippen LogP contribution in [-0.4, -0.2) is 37.7 Å². The lowest BCUT2D eigenvalue weighted by Crippen LogP contribution is -2.54. The molecule has 0 aliphatic heterocycles. The van der Waals surface area contributed by atoms with Gasteiger partial charge in [0.1, 0.15) is 11.5 Å². The van der Waals surface area contributed by atoms with Crippen LogP contribution in [0.1, 0.15) is 105 Å². The molecule has 4 aromatic carbocycles. The van der Waals surface area contributed by atoms with E-state index in [9.17, 15) is 22.8 Å². The van der Waals surface area contributed by atoms with Crippen molar-refractivity contribution >= 4 is 50.7 Å². The number of amides is 2. The molecule has 2 N–H and O–H groups in total. The van der Waals surface area contributed by atoms with Gasteiger partial charge in [0, 0.05) is 28.8 Å². The van der Waals surface area contributed by atoms with Crippen LogP contribution in [0.5, 0.6) is 11.5 Å². The highest BCUT2D eigenvalue weighted by Crippen LogP contribution is 2.39. The largest absolute Gasteiger partial charge is 0.493 e. The van der Waals surface area contributed by atoms with Gasteiger partial charge >= 0.3 is 5.06 Å². The molecule has 0 saturated carbocycles. The van der Waals surface area contributed by atoms with Crippen LogP contribution in [0.4, 0.5) is 11.4 Å². The summed E-state index contributed by atoms with van der Waals surface area (Å²) < 4.78 is 42.9. The van der Waals surface area contributed by atoms with E-state index < -0.39 is 32.3 Å². The summed E-state index contributed by atoms with van der Waals surface area (Å²) in [5.41, 5.74) is 2.61. The maximum absolute atomic E-state index is 13.8. The van der Waals surface area contributed by atoms with Gasteiger partial charge in [-0.1, -0.05) is 122 Å². The Bertz CT molecular complexity index is 2160. The fraction of sp³-hybridized carbons (Fsp3) is 0.413. The number of hydrogen-bond donors (Lipinski definition) is 2. The third kappa shape index (κ3) is 11.9. The quantitative estimate of drug-likeness (QED) is 0.0412. The van der Waals surface area contributed by atoms with Crippen LogP contribution < -0.4 is 20.1 Å². The molecular formula is C46H57ClN2O8S. The van der Waals surface area contributed by atoms with Crippen molar-refractivity contribution in [3.8, 4) is 11.5 Å². The third-order valence-electron chi connectivity index (χ3n) is 10.3. The number of anilines is 2. The molecule has 0 aliphatic carbocycles. The molecule has 58 heavy (non-hydrogen) atoms. The standard InChI is InChI=1S/C46H57ClN2O8S/c1-10-44(6,7)33-22-27-39(38(29-33)45(8,9)11-2)55-28-16-21-40(50)48-34-19-15-20-35(30-34)49-42(52)46(47,41(51)43(3,4)5)57-36-23-25-37(26-24-36)58(53,54)56-31-32-17-13-12-14-18-32/h12-15,17-20,22-27,29-30H,10-11,16,21,28,31H2,1-9H3,(H,48,50)(H,49,52). The van der Waals surface area contributed by atoms with E-state index in [0.29, 0.717) is 24.3 Å². The molecule has 10 nitrogen and oxygen atoms in total. The third-order valence-corrected chi connectivity index (χ3v) is 12.0. The maximum Gasteiger partial charge on any atom is 0.320 e. The lowest BCUT2D eigenvalue weighted by molar-refractivity contribution is -0.144. The molecule has 1 unspecified atom stereocenters. The molecule has 0 aromatic heterocycles. The number of hydrogen-bond acceptors (Lipinski definition) is 8. The summed E-state index contributed by atoms with van der Waals surface area (Å²) in [5, 5.41) is 2.96. The summed E-state index contributed by atoms with van der Waals surface area (Å²) in [4.78, 5) is 40.3. The molecule has 0 bridgehead atoms. The highest BCUT2D eigenvalue weighted by Gasteiger charge is 2.51. The highest BCUT2D eigenvalue weighted by molar-refractivity contribution is 7.86. The number of ether oxygens (including phenoxy) is 2. The average molecular weight is 833 g/mol. The second-order valence-corrected chi connectivity index (χ2v) is 18.8. The van der Waals surface area contributed by atoms with Crippen LogP contribution in [0.3, 0.4) is 0 Å². The van der Waals surface area contributed by atoms with Crippen molar-refractivity contribution in [1.29, 1.82) is 0 Å². The van der Waals surface area contributed by atoms with Gasteiger partial charge in [0.05, 0.1) is 18.1 Å². The van der Waals surface area contributed by atoms with Crippen molar-refractivity contribution in [3.05, 3.63) is 114 Å². The zero-order chi connectivity index (χ0) is 42.9. The van der Waals surface area contributed by atoms with Crippen molar-refractivity contribution < 1.29 is 36.5 Å². The van der Waals surface area contributed by atoms with Crippen LogP contribution in [-0.2, 0) is 46.1 Å². The second-order valence-electron chi connectivity index (χ2n) is 16.7. The van der Waals surface area contributed by atoms with Crippen LogP contribution in [0.2, 0.25) is 0 Å². The lowest BCUT2D eigenvalue weighted by Gasteiger charge is -2.31. The number of nitrogens with one attached hydrogen (secondary N) is 2. The molecule has 0 spiro atoms. The van der Waals surface area contributed by atoms with Gasteiger partial charge in [-0.15, -0.1) is 0 Å². The molecule has 0 fully saturated rings. The second kappa shape index (κ2) is 18.9. The molecule has 4 rings (SSSR count). The first kappa shape index (κ1) is 46.0. The molecule has 0 heterocycles. The molecule has 12 heteroatoms. The number of carbonyl (C=O) groups is 3. The first-order valence-corrected chi connectivity index (χ1v) is 21.4. The smallest absolute Gasteiger partial charge is 0.320 e.